The summed E-state index contributed by atoms with van der Waals surface area (Å²) in [6.07, 6.45) is 3.74. The van der Waals surface area contributed by atoms with Gasteiger partial charge >= 0.3 is 0 Å². The molecule has 6 heteroatoms. The van der Waals surface area contributed by atoms with Crippen LogP contribution in [0.1, 0.15) is 38.7 Å². The molecule has 28 heavy (non-hydrogen) atoms. The van der Waals surface area contributed by atoms with Gasteiger partial charge in [0.2, 0.25) is 0 Å². The van der Waals surface area contributed by atoms with Gasteiger partial charge in [-0.15, -0.1) is 24.0 Å². The number of hydrogen-bond donors (Lipinski definition) is 1. The van der Waals surface area contributed by atoms with Gasteiger partial charge in [-0.25, -0.2) is 0 Å². The molecule has 3 rings (SSSR count). The molecule has 2 fully saturated rings. The molecule has 2 saturated heterocycles. The SMILES string of the molecule is CCNC(=NCC1CCCN1Cc1ccccc1)N1CCC(COCC)C1.I. The maximum atomic E-state index is 5.62. The van der Waals surface area contributed by atoms with Gasteiger partial charge in [-0.1, -0.05) is 30.3 Å². The van der Waals surface area contributed by atoms with E-state index in [1.165, 1.54) is 31.4 Å². The van der Waals surface area contributed by atoms with Crippen LogP contribution in [0, 0.1) is 5.92 Å². The molecule has 0 spiro atoms. The van der Waals surface area contributed by atoms with Crippen LogP contribution in [0.4, 0.5) is 0 Å². The van der Waals surface area contributed by atoms with Gasteiger partial charge in [-0.3, -0.25) is 9.89 Å². The monoisotopic (exact) mass is 500 g/mol. The van der Waals surface area contributed by atoms with E-state index in [1.807, 2.05) is 0 Å². The average Bonchev–Trinajstić information content (AvgIpc) is 3.34. The smallest absolute Gasteiger partial charge is 0.193 e. The molecule has 2 atom stereocenters. The van der Waals surface area contributed by atoms with E-state index in [9.17, 15) is 0 Å². The van der Waals surface area contributed by atoms with Crippen LogP contribution in [-0.4, -0.2) is 67.7 Å². The number of likely N-dealkylation sites (tertiary alicyclic amines) is 2. The van der Waals surface area contributed by atoms with E-state index in [4.69, 9.17) is 9.73 Å². The lowest BCUT2D eigenvalue weighted by Crippen LogP contribution is -2.41. The number of hydrogen-bond acceptors (Lipinski definition) is 3. The van der Waals surface area contributed by atoms with Crippen molar-refractivity contribution in [2.24, 2.45) is 10.9 Å². The Morgan fingerprint density at radius 1 is 1.18 bits per heavy atom. The van der Waals surface area contributed by atoms with Crippen LogP contribution in [0.3, 0.4) is 0 Å². The van der Waals surface area contributed by atoms with E-state index in [2.05, 4.69) is 59.3 Å². The minimum Gasteiger partial charge on any atom is -0.381 e. The third kappa shape index (κ3) is 6.88. The van der Waals surface area contributed by atoms with Gasteiger partial charge in [-0.2, -0.15) is 0 Å². The zero-order valence-electron chi connectivity index (χ0n) is 17.5. The lowest BCUT2D eigenvalue weighted by molar-refractivity contribution is 0.114. The van der Waals surface area contributed by atoms with Crippen LogP contribution in [-0.2, 0) is 11.3 Å². The van der Waals surface area contributed by atoms with Crippen LogP contribution >= 0.6 is 24.0 Å². The number of guanidine groups is 1. The first-order valence-corrected chi connectivity index (χ1v) is 10.7. The number of aliphatic imine (C=N–C) groups is 1. The summed E-state index contributed by atoms with van der Waals surface area (Å²) in [5.41, 5.74) is 1.40. The quantitative estimate of drug-likeness (QED) is 0.337. The number of benzene rings is 1. The molecule has 0 aromatic heterocycles. The Kier molecular flexibility index (Phi) is 10.6. The van der Waals surface area contributed by atoms with Crippen LogP contribution < -0.4 is 5.32 Å². The molecule has 5 nitrogen and oxygen atoms in total. The molecule has 1 aromatic rings. The van der Waals surface area contributed by atoms with Crippen molar-refractivity contribution in [2.75, 3.05) is 45.9 Å². The minimum atomic E-state index is 0. The summed E-state index contributed by atoms with van der Waals surface area (Å²) in [6, 6.07) is 11.4. The summed E-state index contributed by atoms with van der Waals surface area (Å²) < 4.78 is 5.62. The number of nitrogens with zero attached hydrogens (tertiary/aromatic N) is 3. The first-order valence-electron chi connectivity index (χ1n) is 10.7. The summed E-state index contributed by atoms with van der Waals surface area (Å²) >= 11 is 0. The zero-order valence-corrected chi connectivity index (χ0v) is 19.8. The van der Waals surface area contributed by atoms with E-state index < -0.39 is 0 Å². The highest BCUT2D eigenvalue weighted by molar-refractivity contribution is 14.0. The third-order valence-electron chi connectivity index (χ3n) is 5.66. The third-order valence-corrected chi connectivity index (χ3v) is 5.66. The largest absolute Gasteiger partial charge is 0.381 e. The van der Waals surface area contributed by atoms with Crippen molar-refractivity contribution >= 4 is 29.9 Å². The molecule has 2 aliphatic heterocycles. The van der Waals surface area contributed by atoms with Crippen molar-refractivity contribution in [3.8, 4) is 0 Å². The van der Waals surface area contributed by atoms with Crippen molar-refractivity contribution in [3.63, 3.8) is 0 Å². The molecule has 0 radical (unpaired) electrons. The lowest BCUT2D eigenvalue weighted by atomic mass is 10.1. The Balaban J connectivity index is 0.00000280. The fraction of sp³-hybridized carbons (Fsp3) is 0.682. The Bertz CT molecular complexity index is 583. The predicted octanol–water partition coefficient (Wildman–Crippen LogP) is 3.59. The van der Waals surface area contributed by atoms with Crippen molar-refractivity contribution in [1.82, 2.24) is 15.1 Å². The fourth-order valence-electron chi connectivity index (χ4n) is 4.19. The summed E-state index contributed by atoms with van der Waals surface area (Å²) in [6.45, 7) is 12.1. The van der Waals surface area contributed by atoms with E-state index in [0.717, 1.165) is 51.9 Å². The molecule has 2 unspecified atom stereocenters. The van der Waals surface area contributed by atoms with Crippen molar-refractivity contribution in [2.45, 2.75) is 45.7 Å². The van der Waals surface area contributed by atoms with Crippen LogP contribution in [0.25, 0.3) is 0 Å². The van der Waals surface area contributed by atoms with Crippen LogP contribution in [0.15, 0.2) is 35.3 Å². The Hall–Kier alpha value is -0.860. The number of ether oxygens (including phenoxy) is 1. The highest BCUT2D eigenvalue weighted by Gasteiger charge is 2.27. The molecule has 0 saturated carbocycles. The number of halogens is 1. The van der Waals surface area contributed by atoms with E-state index in [1.54, 1.807) is 0 Å². The Morgan fingerprint density at radius 2 is 2.00 bits per heavy atom. The second-order valence-corrected chi connectivity index (χ2v) is 7.71. The van der Waals surface area contributed by atoms with Crippen LogP contribution in [0.5, 0.6) is 0 Å². The summed E-state index contributed by atoms with van der Waals surface area (Å²) in [4.78, 5) is 10.1. The Morgan fingerprint density at radius 3 is 2.75 bits per heavy atom. The van der Waals surface area contributed by atoms with Gasteiger partial charge in [0, 0.05) is 44.7 Å². The van der Waals surface area contributed by atoms with Gasteiger partial charge in [0.05, 0.1) is 13.2 Å². The minimum absolute atomic E-state index is 0. The molecule has 1 N–H and O–H groups in total. The first-order chi connectivity index (χ1) is 13.3. The van der Waals surface area contributed by atoms with Gasteiger partial charge in [-0.05, 0) is 45.2 Å². The summed E-state index contributed by atoms with van der Waals surface area (Å²) in [7, 11) is 0. The highest BCUT2D eigenvalue weighted by atomic mass is 127. The molecule has 0 amide bonds. The van der Waals surface area contributed by atoms with Gasteiger partial charge < -0.3 is 15.0 Å². The Labute approximate surface area is 187 Å². The summed E-state index contributed by atoms with van der Waals surface area (Å²) in [5.74, 6) is 1.72. The van der Waals surface area contributed by atoms with Crippen molar-refractivity contribution < 1.29 is 4.74 Å². The number of nitrogens with one attached hydrogen (secondary N) is 1. The van der Waals surface area contributed by atoms with E-state index in [0.29, 0.717) is 12.0 Å². The van der Waals surface area contributed by atoms with E-state index in [-0.39, 0.29) is 24.0 Å². The van der Waals surface area contributed by atoms with Gasteiger partial charge in [0.15, 0.2) is 5.96 Å². The molecular formula is C22H37IN4O. The molecule has 2 heterocycles. The first kappa shape index (κ1) is 23.4. The second-order valence-electron chi connectivity index (χ2n) is 7.71. The molecular weight excluding hydrogens is 463 g/mol. The highest BCUT2D eigenvalue weighted by Crippen LogP contribution is 2.21. The van der Waals surface area contributed by atoms with E-state index >= 15 is 0 Å². The zero-order chi connectivity index (χ0) is 18.9. The average molecular weight is 500 g/mol. The lowest BCUT2D eigenvalue weighted by Gasteiger charge is -2.25. The molecule has 158 valence electrons. The normalized spacial score (nSPS) is 23.1. The van der Waals surface area contributed by atoms with Crippen LogP contribution in [0.2, 0.25) is 0 Å². The molecule has 1 aromatic carbocycles. The number of rotatable bonds is 8. The van der Waals surface area contributed by atoms with Crippen molar-refractivity contribution in [1.29, 1.82) is 0 Å². The fourth-order valence-corrected chi connectivity index (χ4v) is 4.19. The maximum absolute atomic E-state index is 5.62. The predicted molar refractivity (Wildman–Crippen MR) is 127 cm³/mol. The second kappa shape index (κ2) is 12.6. The maximum Gasteiger partial charge on any atom is 0.193 e. The van der Waals surface area contributed by atoms with Gasteiger partial charge in [0.25, 0.3) is 0 Å². The molecule has 0 bridgehead atoms. The summed E-state index contributed by atoms with van der Waals surface area (Å²) in [5, 5.41) is 3.51. The standard InChI is InChI=1S/C22H36N4O.HI/c1-3-23-22(26-14-12-20(17-26)18-27-4-2)24-15-21-11-8-13-25(21)16-19-9-6-5-7-10-19;/h5-7,9-10,20-21H,3-4,8,11-18H2,1-2H3,(H,23,24);1H. The molecule has 2 aliphatic rings. The van der Waals surface area contributed by atoms with Gasteiger partial charge in [0.1, 0.15) is 0 Å². The molecule has 0 aliphatic carbocycles. The van der Waals surface area contributed by atoms with Crippen molar-refractivity contribution in [3.05, 3.63) is 35.9 Å². The topological polar surface area (TPSA) is 40.1 Å².